The second-order valence-electron chi connectivity index (χ2n) is 7.38. The van der Waals surface area contributed by atoms with Gasteiger partial charge in [-0.05, 0) is 55.0 Å². The summed E-state index contributed by atoms with van der Waals surface area (Å²) in [6.45, 7) is 4.48. The maximum Gasteiger partial charge on any atom is 0.295 e. The van der Waals surface area contributed by atoms with Gasteiger partial charge < -0.3 is 9.88 Å². The van der Waals surface area contributed by atoms with Crippen LogP contribution >= 0.6 is 0 Å². The van der Waals surface area contributed by atoms with E-state index in [0.29, 0.717) is 29.7 Å². The van der Waals surface area contributed by atoms with Crippen molar-refractivity contribution in [1.82, 2.24) is 9.88 Å². The molecule has 4 rings (SSSR count). The molecule has 0 fully saturated rings. The summed E-state index contributed by atoms with van der Waals surface area (Å²) in [5.74, 6) is -1.22. The fourth-order valence-corrected chi connectivity index (χ4v) is 4.77. The molecule has 2 N–H and O–H groups in total. The van der Waals surface area contributed by atoms with Crippen molar-refractivity contribution < 1.29 is 18.0 Å². The first-order chi connectivity index (χ1) is 15.3. The number of carbonyl (C=O) groups excluding carboxylic acids is 2. The third kappa shape index (κ3) is 3.97. The Morgan fingerprint density at radius 1 is 0.938 bits per heavy atom. The molecule has 4 aromatic rings. The minimum atomic E-state index is -3.85. The van der Waals surface area contributed by atoms with E-state index in [2.05, 4.69) is 9.71 Å². The summed E-state index contributed by atoms with van der Waals surface area (Å²) in [6.07, 6.45) is 1.48. The second-order valence-corrected chi connectivity index (χ2v) is 9.07. The van der Waals surface area contributed by atoms with Gasteiger partial charge in [-0.1, -0.05) is 30.3 Å². The van der Waals surface area contributed by atoms with Crippen LogP contribution in [0.15, 0.2) is 71.8 Å². The Kier molecular flexibility index (Phi) is 5.71. The summed E-state index contributed by atoms with van der Waals surface area (Å²) in [4.78, 5) is 29.8. The molecule has 1 heterocycles. The van der Waals surface area contributed by atoms with E-state index < -0.39 is 21.7 Å². The van der Waals surface area contributed by atoms with Gasteiger partial charge in [-0.3, -0.25) is 14.3 Å². The molecule has 8 heteroatoms. The number of aromatic amines is 1. The van der Waals surface area contributed by atoms with Crippen LogP contribution in [0.2, 0.25) is 0 Å². The quantitative estimate of drug-likeness (QED) is 0.327. The number of fused-ring (bicyclic) bond motifs is 2. The molecule has 3 aromatic carbocycles. The molecule has 1 aromatic heterocycles. The van der Waals surface area contributed by atoms with E-state index in [1.165, 1.54) is 11.1 Å². The lowest BCUT2D eigenvalue weighted by atomic mass is 10.1. The van der Waals surface area contributed by atoms with Crippen molar-refractivity contribution in [2.75, 3.05) is 17.8 Å². The molecule has 0 saturated heterocycles. The Bertz CT molecular complexity index is 1440. The van der Waals surface area contributed by atoms with Gasteiger partial charge in [0.1, 0.15) is 0 Å². The predicted molar refractivity (Wildman–Crippen MR) is 125 cm³/mol. The lowest BCUT2D eigenvalue weighted by molar-refractivity contribution is -0.126. The summed E-state index contributed by atoms with van der Waals surface area (Å²) in [5.41, 5.74) is 1.15. The smallest absolute Gasteiger partial charge is 0.295 e. The fourth-order valence-electron chi connectivity index (χ4n) is 3.69. The molecule has 0 aliphatic rings. The molecular weight excluding hydrogens is 426 g/mol. The van der Waals surface area contributed by atoms with E-state index in [1.807, 2.05) is 38.1 Å². The number of rotatable bonds is 7. The molecule has 0 aliphatic carbocycles. The van der Waals surface area contributed by atoms with Crippen molar-refractivity contribution in [1.29, 1.82) is 0 Å². The number of anilines is 1. The van der Waals surface area contributed by atoms with Crippen molar-refractivity contribution in [3.05, 3.63) is 72.4 Å². The van der Waals surface area contributed by atoms with Crippen LogP contribution in [0, 0.1) is 0 Å². The number of amides is 1. The number of ketones is 1. The van der Waals surface area contributed by atoms with Crippen molar-refractivity contribution in [2.45, 2.75) is 18.7 Å². The maximum absolute atomic E-state index is 13.0. The van der Waals surface area contributed by atoms with Gasteiger partial charge in [-0.15, -0.1) is 0 Å². The van der Waals surface area contributed by atoms with Crippen LogP contribution in [0.3, 0.4) is 0 Å². The van der Waals surface area contributed by atoms with E-state index in [0.717, 1.165) is 10.8 Å². The van der Waals surface area contributed by atoms with Crippen LogP contribution in [0.1, 0.15) is 24.2 Å². The SMILES string of the molecule is CCN(CC)C(=O)C(=O)c1c[nH]c2ccc(NS(=O)(=O)c3ccc4ccccc4c3)cc12. The number of hydrogen-bond donors (Lipinski definition) is 2. The normalized spacial score (nSPS) is 11.6. The monoisotopic (exact) mass is 449 g/mol. The molecule has 32 heavy (non-hydrogen) atoms. The molecule has 0 radical (unpaired) electrons. The molecular formula is C24H23N3O4S. The highest BCUT2D eigenvalue weighted by molar-refractivity contribution is 7.92. The molecule has 0 saturated carbocycles. The average molecular weight is 450 g/mol. The fraction of sp³-hybridized carbons (Fsp3) is 0.167. The average Bonchev–Trinajstić information content (AvgIpc) is 3.22. The van der Waals surface area contributed by atoms with Gasteiger partial charge >= 0.3 is 0 Å². The number of H-pyrrole nitrogens is 1. The van der Waals surface area contributed by atoms with E-state index in [9.17, 15) is 18.0 Å². The van der Waals surface area contributed by atoms with Crippen molar-refractivity contribution >= 4 is 49.1 Å². The third-order valence-corrected chi connectivity index (χ3v) is 6.83. The zero-order chi connectivity index (χ0) is 22.9. The lowest BCUT2D eigenvalue weighted by Gasteiger charge is -2.17. The number of hydrogen-bond acceptors (Lipinski definition) is 4. The Balaban J connectivity index is 1.67. The van der Waals surface area contributed by atoms with E-state index in [-0.39, 0.29) is 10.5 Å². The molecule has 0 atom stereocenters. The van der Waals surface area contributed by atoms with Gasteiger partial charge in [0.2, 0.25) is 0 Å². The Labute approximate surface area is 186 Å². The van der Waals surface area contributed by atoms with Gasteiger partial charge in [0, 0.05) is 35.9 Å². The summed E-state index contributed by atoms with van der Waals surface area (Å²) >= 11 is 0. The Morgan fingerprint density at radius 3 is 2.38 bits per heavy atom. The first kappa shape index (κ1) is 21.6. The first-order valence-electron chi connectivity index (χ1n) is 10.3. The highest BCUT2D eigenvalue weighted by atomic mass is 32.2. The number of nitrogens with zero attached hydrogens (tertiary/aromatic N) is 1. The van der Waals surface area contributed by atoms with Crippen LogP contribution in [0.4, 0.5) is 5.69 Å². The van der Waals surface area contributed by atoms with Crippen LogP contribution in [-0.4, -0.2) is 43.1 Å². The van der Waals surface area contributed by atoms with Crippen LogP contribution in [-0.2, 0) is 14.8 Å². The summed E-state index contributed by atoms with van der Waals surface area (Å²) < 4.78 is 28.5. The lowest BCUT2D eigenvalue weighted by Crippen LogP contribution is -2.36. The number of sulfonamides is 1. The minimum absolute atomic E-state index is 0.137. The van der Waals surface area contributed by atoms with Crippen LogP contribution in [0.25, 0.3) is 21.7 Å². The van der Waals surface area contributed by atoms with Gasteiger partial charge in [-0.25, -0.2) is 8.42 Å². The van der Waals surface area contributed by atoms with E-state index >= 15 is 0 Å². The number of benzene rings is 3. The summed E-state index contributed by atoms with van der Waals surface area (Å²) in [7, 11) is -3.85. The number of nitrogens with one attached hydrogen (secondary N) is 2. The van der Waals surface area contributed by atoms with Gasteiger partial charge in [-0.2, -0.15) is 0 Å². The minimum Gasteiger partial charge on any atom is -0.360 e. The number of likely N-dealkylation sites (N-methyl/N-ethyl adjacent to an activating group) is 1. The highest BCUT2D eigenvalue weighted by Gasteiger charge is 2.24. The van der Waals surface area contributed by atoms with Crippen LogP contribution < -0.4 is 4.72 Å². The Hall–Kier alpha value is -3.65. The highest BCUT2D eigenvalue weighted by Crippen LogP contribution is 2.26. The van der Waals surface area contributed by atoms with E-state index in [1.54, 1.807) is 36.4 Å². The first-order valence-corrected chi connectivity index (χ1v) is 11.8. The van der Waals surface area contributed by atoms with Gasteiger partial charge in [0.25, 0.3) is 21.7 Å². The van der Waals surface area contributed by atoms with Crippen molar-refractivity contribution in [3.63, 3.8) is 0 Å². The molecule has 0 aliphatic heterocycles. The molecule has 0 unspecified atom stereocenters. The zero-order valence-corrected chi connectivity index (χ0v) is 18.6. The standard InChI is InChI=1S/C24H23N3O4S/c1-3-27(4-2)24(29)23(28)21-15-25-22-12-10-18(14-20(21)22)26-32(30,31)19-11-9-16-7-5-6-8-17(16)13-19/h5-15,25-26H,3-4H2,1-2H3. The number of carbonyl (C=O) groups is 2. The number of Topliss-reactive ketones (excluding diaryl/α,β-unsaturated/α-hetero) is 1. The third-order valence-electron chi connectivity index (χ3n) is 5.45. The summed E-state index contributed by atoms with van der Waals surface area (Å²) in [5, 5.41) is 2.25. The molecule has 7 nitrogen and oxygen atoms in total. The summed E-state index contributed by atoms with van der Waals surface area (Å²) in [6, 6.07) is 17.3. The largest absolute Gasteiger partial charge is 0.360 e. The predicted octanol–water partition coefficient (Wildman–Crippen LogP) is 4.17. The maximum atomic E-state index is 13.0. The van der Waals surface area contributed by atoms with Gasteiger partial charge in [0.05, 0.1) is 10.5 Å². The Morgan fingerprint density at radius 2 is 1.66 bits per heavy atom. The second kappa shape index (κ2) is 8.47. The van der Waals surface area contributed by atoms with Crippen LogP contribution in [0.5, 0.6) is 0 Å². The molecule has 164 valence electrons. The zero-order valence-electron chi connectivity index (χ0n) is 17.8. The van der Waals surface area contributed by atoms with Crippen molar-refractivity contribution in [2.24, 2.45) is 0 Å². The van der Waals surface area contributed by atoms with E-state index in [4.69, 9.17) is 0 Å². The molecule has 0 spiro atoms. The molecule has 1 amide bonds. The van der Waals surface area contributed by atoms with Gasteiger partial charge in [0.15, 0.2) is 0 Å². The topological polar surface area (TPSA) is 99.3 Å². The number of aromatic nitrogens is 1. The molecule has 0 bridgehead atoms. The van der Waals surface area contributed by atoms with Crippen molar-refractivity contribution in [3.8, 4) is 0 Å².